The van der Waals surface area contributed by atoms with Crippen molar-refractivity contribution in [3.05, 3.63) is 84.2 Å². The van der Waals surface area contributed by atoms with Crippen molar-refractivity contribution in [3.63, 3.8) is 0 Å². The van der Waals surface area contributed by atoms with Crippen LogP contribution in [0.15, 0.2) is 88.0 Å². The molecule has 0 radical (unpaired) electrons. The number of aliphatic imine (C=N–C) groups is 3. The van der Waals surface area contributed by atoms with E-state index in [1.165, 1.54) is 129 Å². The lowest BCUT2D eigenvalue weighted by molar-refractivity contribution is -0.140. The van der Waals surface area contributed by atoms with Crippen LogP contribution in [0, 0.1) is 12.8 Å². The number of terminal acetylenes is 1. The molecule has 17 nitrogen and oxygen atoms in total. The van der Waals surface area contributed by atoms with Gasteiger partial charge in [-0.1, -0.05) is 77.0 Å². The molecule has 1 N–H and O–H groups in total. The summed E-state index contributed by atoms with van der Waals surface area (Å²) in [5, 5.41) is 7.69. The van der Waals surface area contributed by atoms with E-state index < -0.39 is 0 Å². The van der Waals surface area contributed by atoms with Crippen molar-refractivity contribution in [3.8, 4) is 81.3 Å². The molecule has 17 heteroatoms. The van der Waals surface area contributed by atoms with E-state index in [0.717, 1.165) is 109 Å². The van der Waals surface area contributed by atoms with E-state index >= 15 is 0 Å². The summed E-state index contributed by atoms with van der Waals surface area (Å²) in [5.74, 6) is 5.55. The van der Waals surface area contributed by atoms with Gasteiger partial charge >= 0.3 is 5.97 Å². The average molecular weight is 1160 g/mol. The first-order valence-corrected chi connectivity index (χ1v) is 30.7. The van der Waals surface area contributed by atoms with Crippen LogP contribution in [0.4, 0.5) is 0 Å². The molecule has 4 fully saturated rings. The van der Waals surface area contributed by atoms with Gasteiger partial charge in [0.25, 0.3) is 6.02 Å². The molecule has 4 aliphatic carbocycles. The van der Waals surface area contributed by atoms with Crippen molar-refractivity contribution >= 4 is 39.5 Å². The number of nitrogens with one attached hydrogen (secondary N) is 1. The molecule has 14 rings (SSSR count). The minimum Gasteiger partial charge on any atom is -0.466 e. The molecule has 6 heterocycles. The molecule has 4 aliphatic heterocycles. The summed E-state index contributed by atoms with van der Waals surface area (Å²) in [6.45, 7) is 3.10. The Morgan fingerprint density at radius 2 is 0.882 bits per heavy atom. The van der Waals surface area contributed by atoms with Crippen molar-refractivity contribution in [2.24, 2.45) is 15.0 Å². The Morgan fingerprint density at radius 3 is 1.31 bits per heavy atom. The lowest BCUT2D eigenvalue weighted by atomic mass is 9.95. The molecule has 0 spiro atoms. The molecule has 2 aromatic heterocycles. The lowest BCUT2D eigenvalue weighted by Gasteiger charge is -2.26. The maximum absolute atomic E-state index is 11.1. The Hall–Kier alpha value is -8.22. The number of esters is 1. The first-order valence-electron chi connectivity index (χ1n) is 31.2. The maximum Gasteiger partial charge on any atom is 0.302 e. The Labute approximate surface area is 499 Å². The van der Waals surface area contributed by atoms with Crippen molar-refractivity contribution < 1.29 is 53.5 Å². The first-order chi connectivity index (χ1) is 42.3. The van der Waals surface area contributed by atoms with Crippen molar-refractivity contribution in [2.75, 3.05) is 40.4 Å². The van der Waals surface area contributed by atoms with Gasteiger partial charge in [-0.3, -0.25) is 14.8 Å². The molecule has 4 aromatic carbocycles. The molecule has 6 aromatic rings. The largest absolute Gasteiger partial charge is 0.466 e. The number of rotatable bonds is 12. The Bertz CT molecular complexity index is 3430. The molecule has 0 amide bonds. The number of hydrogen-bond acceptors (Lipinski definition) is 16. The Balaban J connectivity index is 0.000000144. The number of fused-ring (bicyclic) bond motifs is 6. The molecule has 0 bridgehead atoms. The number of nitrogens with zero attached hydrogens (tertiary/aromatic N) is 5. The topological polar surface area (TPSA) is 184 Å². The van der Waals surface area contributed by atoms with Gasteiger partial charge in [0.2, 0.25) is 27.2 Å². The van der Waals surface area contributed by atoms with E-state index in [1.54, 1.807) is 0 Å². The molecular formula is C68H78N6O11. The van der Waals surface area contributed by atoms with Crippen LogP contribution in [0.3, 0.4) is 0 Å². The number of carbonyl (C=O) groups is 1. The predicted octanol–water partition coefficient (Wildman–Crippen LogP) is 14.1. The summed E-state index contributed by atoms with van der Waals surface area (Å²) >= 11 is 0. The lowest BCUT2D eigenvalue weighted by Crippen LogP contribution is -2.39. The van der Waals surface area contributed by atoms with Crippen LogP contribution in [0.2, 0.25) is 0 Å². The van der Waals surface area contributed by atoms with Crippen LogP contribution >= 0.6 is 0 Å². The van der Waals surface area contributed by atoms with Gasteiger partial charge in [0.15, 0.2) is 46.0 Å². The maximum atomic E-state index is 11.1. The Kier molecular flexibility index (Phi) is 19.6. The molecule has 4 saturated carbocycles. The van der Waals surface area contributed by atoms with E-state index in [-0.39, 0.29) is 39.7 Å². The van der Waals surface area contributed by atoms with Gasteiger partial charge in [-0.15, -0.1) is 12.8 Å². The molecule has 0 atom stereocenters. The van der Waals surface area contributed by atoms with Crippen LogP contribution in [-0.2, 0) is 27.1 Å². The first kappa shape index (κ1) is 57.2. The molecule has 8 aliphatic rings. The minimum absolute atomic E-state index is 0.191. The van der Waals surface area contributed by atoms with Crippen LogP contribution in [-0.4, -0.2) is 92.5 Å². The fraction of sp³-hybridized carbons (Fsp3) is 0.485. The van der Waals surface area contributed by atoms with Gasteiger partial charge in [-0.25, -0.2) is 15.0 Å². The second-order valence-corrected chi connectivity index (χ2v) is 22.8. The van der Waals surface area contributed by atoms with Gasteiger partial charge < -0.3 is 52.7 Å². The SMILES string of the molecule is C(=NC1CCCCC1)=NC1CCCCC1.CC(=O)OCCc1cc2c(cc1-c1cc3cc4c(cc3cn1)OCO4)OCO2.[2H]C#C.c1c(CCOC(=NC2CCCCC2)NC2CCCCC2)c(-c2cc3cc4c(cc3cn2)OCO4)cc2c1OCO2. The zero-order chi connectivity index (χ0) is 58.9. The van der Waals surface area contributed by atoms with Crippen LogP contribution in [0.25, 0.3) is 44.1 Å². The number of pyridine rings is 2. The minimum atomic E-state index is -0.304. The van der Waals surface area contributed by atoms with Gasteiger partial charge in [0.1, 0.15) is 1.37 Å². The highest BCUT2D eigenvalue weighted by atomic mass is 16.7. The van der Waals surface area contributed by atoms with Crippen molar-refractivity contribution in [2.45, 2.75) is 172 Å². The standard InChI is InChI=1S/C32H37N3O5.C21H17NO6.C13H22N2.C2H2/c1-3-7-24(8-4-1)34-32(35-25-9-5-2-6-10-25)36-12-11-21-14-28-31(40-20-37-28)17-26(21)27-13-22-15-29-30(39-19-38-29)16-23(22)18-33-27;1-12(23)24-3-2-13-5-18-21(28-11-25-18)8-16(13)17-4-14-6-19-20(27-10-26-19)7-15(14)9-22-17;1-3-7-12(8-4-1)14-11-15-13-9-5-2-6-10-13;1-2/h13-18,24-25H,1-12,19-20H2,(H,34,35);4-9H,2-3,10-11H2,1H3;12-13H,1-10H2;1-2H/i;;;1D. The van der Waals surface area contributed by atoms with Crippen LogP contribution in [0.1, 0.15) is 148 Å². The second-order valence-electron chi connectivity index (χ2n) is 22.8. The van der Waals surface area contributed by atoms with Gasteiger partial charge in [0, 0.05) is 60.1 Å². The van der Waals surface area contributed by atoms with Crippen molar-refractivity contribution in [1.29, 1.82) is 0 Å². The zero-order valence-corrected chi connectivity index (χ0v) is 48.8. The number of amidine groups is 1. The third-order valence-corrected chi connectivity index (χ3v) is 16.9. The van der Waals surface area contributed by atoms with Crippen LogP contribution in [0.5, 0.6) is 46.0 Å². The second kappa shape index (κ2) is 29.0. The average Bonchev–Trinajstić information content (AvgIpc) is 2.83. The summed E-state index contributed by atoms with van der Waals surface area (Å²) in [7, 11) is 0. The normalized spacial score (nSPS) is 18.0. The molecule has 0 unspecified atom stereocenters. The van der Waals surface area contributed by atoms with E-state index in [1.807, 2.05) is 60.9 Å². The Morgan fingerprint density at radius 1 is 0.518 bits per heavy atom. The summed E-state index contributed by atoms with van der Waals surface area (Å²) < 4.78 is 61.8. The number of aromatic nitrogens is 2. The van der Waals surface area contributed by atoms with Crippen molar-refractivity contribution in [1.82, 2.24) is 15.3 Å². The number of hydrogen-bond donors (Lipinski definition) is 1. The number of ether oxygens (including phenoxy) is 10. The molecule has 0 saturated heterocycles. The van der Waals surface area contributed by atoms with E-state index in [9.17, 15) is 4.79 Å². The molecule has 446 valence electrons. The smallest absolute Gasteiger partial charge is 0.302 e. The zero-order valence-electron chi connectivity index (χ0n) is 49.8. The summed E-state index contributed by atoms with van der Waals surface area (Å²) in [4.78, 5) is 34.5. The van der Waals surface area contributed by atoms with Gasteiger partial charge in [0.05, 0.1) is 48.7 Å². The highest BCUT2D eigenvalue weighted by Crippen LogP contribution is 2.43. The third-order valence-electron chi connectivity index (χ3n) is 16.9. The van der Waals surface area contributed by atoms with Crippen LogP contribution < -0.4 is 43.2 Å². The third kappa shape index (κ3) is 15.4. The van der Waals surface area contributed by atoms with E-state index in [4.69, 9.17) is 58.7 Å². The van der Waals surface area contributed by atoms with Gasteiger partial charge in [-0.2, -0.15) is 0 Å². The summed E-state index contributed by atoms with van der Waals surface area (Å²) in [5.41, 5.74) is 5.66. The molecule has 85 heavy (non-hydrogen) atoms. The molecular weight excluding hydrogens is 1080 g/mol. The summed E-state index contributed by atoms with van der Waals surface area (Å²) in [6.07, 6.45) is 36.3. The van der Waals surface area contributed by atoms with E-state index in [2.05, 4.69) is 44.9 Å². The predicted molar refractivity (Wildman–Crippen MR) is 327 cm³/mol. The summed E-state index contributed by atoms with van der Waals surface area (Å²) in [6, 6.07) is 25.5. The number of benzene rings is 4. The number of carbonyl (C=O) groups excluding carboxylic acids is 1. The fourth-order valence-electron chi connectivity index (χ4n) is 12.3. The highest BCUT2D eigenvalue weighted by Gasteiger charge is 2.25. The highest BCUT2D eigenvalue weighted by molar-refractivity contribution is 5.90. The quantitative estimate of drug-likeness (QED) is 0.0528. The van der Waals surface area contributed by atoms with Gasteiger partial charge in [-0.05, 0) is 134 Å². The fourth-order valence-corrected chi connectivity index (χ4v) is 12.3. The van der Waals surface area contributed by atoms with E-state index in [0.29, 0.717) is 55.1 Å². The monoisotopic (exact) mass is 1160 g/mol.